The molecule has 1 N–H and O–H groups in total. The number of hydrogen-bond acceptors (Lipinski definition) is 5. The van der Waals surface area contributed by atoms with Crippen LogP contribution in [0.3, 0.4) is 0 Å². The molecule has 5 rings (SSSR count). The van der Waals surface area contributed by atoms with Gasteiger partial charge in [0.05, 0.1) is 17.3 Å². The van der Waals surface area contributed by atoms with Gasteiger partial charge in [-0.15, -0.1) is 0 Å². The van der Waals surface area contributed by atoms with Crippen molar-refractivity contribution in [2.24, 2.45) is 0 Å². The van der Waals surface area contributed by atoms with Crippen molar-refractivity contribution in [1.82, 2.24) is 0 Å². The number of ether oxygens (including phenoxy) is 1. The van der Waals surface area contributed by atoms with Gasteiger partial charge in [-0.2, -0.15) is 0 Å². The number of nitrogens with one attached hydrogen (secondary N) is 1. The lowest BCUT2D eigenvalue weighted by atomic mass is 10.0. The number of rotatable bonds is 5. The van der Waals surface area contributed by atoms with E-state index in [0.29, 0.717) is 38.0 Å². The number of carbonyl (C=O) groups is 2. The number of benzene rings is 3. The summed E-state index contributed by atoms with van der Waals surface area (Å²) in [6, 6.07) is 16.2. The summed E-state index contributed by atoms with van der Waals surface area (Å²) in [5, 5.41) is 4.43. The Morgan fingerprint density at radius 3 is 2.40 bits per heavy atom. The highest BCUT2D eigenvalue weighted by atomic mass is 79.9. The van der Waals surface area contributed by atoms with Crippen LogP contribution in [0.5, 0.6) is 5.75 Å². The molecule has 0 atom stereocenters. The molecule has 0 spiro atoms. The minimum Gasteiger partial charge on any atom is -0.496 e. The molecule has 3 aromatic carbocycles. The van der Waals surface area contributed by atoms with E-state index < -0.39 is 5.91 Å². The number of para-hydroxylation sites is 1. The third-order valence-electron chi connectivity index (χ3n) is 6.03. The molecule has 0 saturated carbocycles. The van der Waals surface area contributed by atoms with Crippen molar-refractivity contribution in [2.75, 3.05) is 12.4 Å². The summed E-state index contributed by atoms with van der Waals surface area (Å²) in [7, 11) is 1.55. The van der Waals surface area contributed by atoms with Gasteiger partial charge < -0.3 is 18.9 Å². The van der Waals surface area contributed by atoms with Gasteiger partial charge in [-0.25, -0.2) is 0 Å². The number of hydrogen-bond donors (Lipinski definition) is 1. The largest absolute Gasteiger partial charge is 0.496 e. The van der Waals surface area contributed by atoms with Crippen LogP contribution in [0.1, 0.15) is 43.4 Å². The lowest BCUT2D eigenvalue weighted by Gasteiger charge is -2.07. The first-order valence-electron chi connectivity index (χ1n) is 11.0. The number of anilines is 1. The van der Waals surface area contributed by atoms with Gasteiger partial charge in [0.1, 0.15) is 16.9 Å². The first-order valence-corrected chi connectivity index (χ1v) is 11.8. The highest BCUT2D eigenvalue weighted by Gasteiger charge is 2.26. The SMILES string of the molecule is COc1ccc(C(=O)c2oc3ccccc3c2NC(=O)c2oc3cc(C)cc(C)c3c2C)cc1Br. The van der Waals surface area contributed by atoms with Gasteiger partial charge in [-0.05, 0) is 84.2 Å². The molecule has 2 heterocycles. The molecule has 6 nitrogen and oxygen atoms in total. The number of carbonyl (C=O) groups excluding carboxylic acids is 2. The van der Waals surface area contributed by atoms with E-state index in [1.807, 2.05) is 39.0 Å². The van der Waals surface area contributed by atoms with E-state index in [-0.39, 0.29) is 17.3 Å². The number of fused-ring (bicyclic) bond motifs is 2. The van der Waals surface area contributed by atoms with E-state index in [2.05, 4.69) is 27.3 Å². The third-order valence-corrected chi connectivity index (χ3v) is 6.65. The second-order valence-electron chi connectivity index (χ2n) is 8.45. The Kier molecular flexibility index (Phi) is 5.73. The summed E-state index contributed by atoms with van der Waals surface area (Å²) in [4.78, 5) is 26.9. The van der Waals surface area contributed by atoms with Crippen LogP contribution >= 0.6 is 15.9 Å². The number of amides is 1. The van der Waals surface area contributed by atoms with Gasteiger partial charge in [0.25, 0.3) is 5.91 Å². The van der Waals surface area contributed by atoms with Crippen LogP contribution in [-0.2, 0) is 0 Å². The fourth-order valence-electron chi connectivity index (χ4n) is 4.44. The van der Waals surface area contributed by atoms with E-state index >= 15 is 0 Å². The van der Waals surface area contributed by atoms with Gasteiger partial charge in [0.2, 0.25) is 5.78 Å². The van der Waals surface area contributed by atoms with E-state index in [1.165, 1.54) is 0 Å². The predicted molar refractivity (Wildman–Crippen MR) is 139 cm³/mol. The molecule has 35 heavy (non-hydrogen) atoms. The molecule has 1 amide bonds. The van der Waals surface area contributed by atoms with Gasteiger partial charge >= 0.3 is 0 Å². The monoisotopic (exact) mass is 531 g/mol. The zero-order valence-corrected chi connectivity index (χ0v) is 21.2. The summed E-state index contributed by atoms with van der Waals surface area (Å²) >= 11 is 3.42. The van der Waals surface area contributed by atoms with Gasteiger partial charge in [0.15, 0.2) is 11.5 Å². The summed E-state index contributed by atoms with van der Waals surface area (Å²) in [6.45, 7) is 5.83. The van der Waals surface area contributed by atoms with Crippen molar-refractivity contribution in [2.45, 2.75) is 20.8 Å². The van der Waals surface area contributed by atoms with Crippen molar-refractivity contribution < 1.29 is 23.2 Å². The molecular weight excluding hydrogens is 510 g/mol. The molecular formula is C28H22BrNO5. The van der Waals surface area contributed by atoms with E-state index in [1.54, 1.807) is 37.4 Å². The van der Waals surface area contributed by atoms with E-state index in [9.17, 15) is 9.59 Å². The lowest BCUT2D eigenvalue weighted by molar-refractivity contribution is 0.0997. The Morgan fingerprint density at radius 1 is 0.914 bits per heavy atom. The smallest absolute Gasteiger partial charge is 0.291 e. The summed E-state index contributed by atoms with van der Waals surface area (Å²) in [5.41, 5.74) is 4.67. The summed E-state index contributed by atoms with van der Waals surface area (Å²) < 4.78 is 17.8. The van der Waals surface area contributed by atoms with Gasteiger partial charge in [0, 0.05) is 21.9 Å². The van der Waals surface area contributed by atoms with Gasteiger partial charge in [-0.1, -0.05) is 18.2 Å². The number of halogens is 1. The third kappa shape index (κ3) is 3.91. The first-order chi connectivity index (χ1) is 16.8. The van der Waals surface area contributed by atoms with Crippen LogP contribution < -0.4 is 10.1 Å². The van der Waals surface area contributed by atoms with Crippen LogP contribution in [0.4, 0.5) is 5.69 Å². The number of aryl methyl sites for hydroxylation is 3. The molecule has 0 fully saturated rings. The first kappa shape index (κ1) is 22.9. The molecule has 0 radical (unpaired) electrons. The van der Waals surface area contributed by atoms with Crippen molar-refractivity contribution in [3.63, 3.8) is 0 Å². The Balaban J connectivity index is 1.59. The Bertz CT molecular complexity index is 1640. The van der Waals surface area contributed by atoms with E-state index in [4.69, 9.17) is 13.6 Å². The zero-order chi connectivity index (χ0) is 24.9. The van der Waals surface area contributed by atoms with Crippen LogP contribution in [-0.4, -0.2) is 18.8 Å². The Morgan fingerprint density at radius 2 is 1.66 bits per heavy atom. The summed E-state index contributed by atoms with van der Waals surface area (Å²) in [5.74, 6) is 0.0208. The highest BCUT2D eigenvalue weighted by Crippen LogP contribution is 2.35. The van der Waals surface area contributed by atoms with Crippen LogP contribution in [0.25, 0.3) is 21.9 Å². The average molecular weight is 532 g/mol. The van der Waals surface area contributed by atoms with Crippen molar-refractivity contribution in [3.8, 4) is 5.75 Å². The fraction of sp³-hybridized carbons (Fsp3) is 0.143. The molecule has 0 bridgehead atoms. The number of ketones is 1. The van der Waals surface area contributed by atoms with Crippen molar-refractivity contribution >= 4 is 55.2 Å². The molecule has 0 unspecified atom stereocenters. The minimum absolute atomic E-state index is 0.0393. The fourth-order valence-corrected chi connectivity index (χ4v) is 4.99. The maximum absolute atomic E-state index is 13.5. The molecule has 176 valence electrons. The molecule has 0 aliphatic rings. The number of methoxy groups -OCH3 is 1. The topological polar surface area (TPSA) is 81.7 Å². The second kappa shape index (κ2) is 8.74. The Labute approximate surface area is 210 Å². The highest BCUT2D eigenvalue weighted by molar-refractivity contribution is 9.10. The lowest BCUT2D eigenvalue weighted by Crippen LogP contribution is -2.14. The maximum atomic E-state index is 13.5. The molecule has 0 saturated heterocycles. The second-order valence-corrected chi connectivity index (χ2v) is 9.30. The van der Waals surface area contributed by atoms with Gasteiger partial charge in [-0.3, -0.25) is 9.59 Å². The predicted octanol–water partition coefficient (Wildman–Crippen LogP) is 7.36. The molecule has 0 aliphatic heterocycles. The van der Waals surface area contributed by atoms with Crippen molar-refractivity contribution in [1.29, 1.82) is 0 Å². The average Bonchev–Trinajstić information content (AvgIpc) is 3.36. The standard InChI is InChI=1S/C28H22BrNO5/c1-14-11-15(2)23-16(3)26(35-22(23)12-14)28(32)30-24-18-7-5-6-8-20(18)34-27(24)25(31)17-9-10-21(33-4)19(29)13-17/h5-13H,1-4H3,(H,30,32). The molecule has 5 aromatic rings. The Hall–Kier alpha value is -3.84. The van der Waals surface area contributed by atoms with Crippen LogP contribution in [0.15, 0.2) is 67.9 Å². The maximum Gasteiger partial charge on any atom is 0.291 e. The quantitative estimate of drug-likeness (QED) is 0.239. The minimum atomic E-state index is -0.452. The molecule has 2 aromatic heterocycles. The number of furan rings is 2. The normalized spacial score (nSPS) is 11.2. The van der Waals surface area contributed by atoms with Crippen LogP contribution in [0, 0.1) is 20.8 Å². The molecule has 0 aliphatic carbocycles. The van der Waals surface area contributed by atoms with Crippen molar-refractivity contribution in [3.05, 3.63) is 92.8 Å². The molecule has 7 heteroatoms. The zero-order valence-electron chi connectivity index (χ0n) is 19.6. The van der Waals surface area contributed by atoms with Crippen LogP contribution in [0.2, 0.25) is 0 Å². The summed E-state index contributed by atoms with van der Waals surface area (Å²) in [6.07, 6.45) is 0. The van der Waals surface area contributed by atoms with E-state index in [0.717, 1.165) is 22.1 Å².